The smallest absolute Gasteiger partial charge is 0.325 e. The maximum atomic E-state index is 12.1. The SMILES string of the molecule is COC(=O)CNC(=O)c1ccc(NC(=O)NC2CCC(C(=O)O)CC2)cc1. The van der Waals surface area contributed by atoms with E-state index in [1.54, 1.807) is 12.1 Å². The number of esters is 1. The number of urea groups is 1. The molecule has 3 amide bonds. The standard InChI is InChI=1S/C18H23N3O6/c1-27-15(22)10-19-16(23)11-2-6-13(7-3-11)20-18(26)21-14-8-4-12(5-9-14)17(24)25/h2-3,6-7,12,14H,4-5,8-10H2,1H3,(H,19,23)(H,24,25)(H2,20,21,26). The zero-order valence-electron chi connectivity index (χ0n) is 15.0. The number of anilines is 1. The minimum absolute atomic E-state index is 0.0519. The fourth-order valence-corrected chi connectivity index (χ4v) is 2.87. The monoisotopic (exact) mass is 377 g/mol. The lowest BCUT2D eigenvalue weighted by Crippen LogP contribution is -2.41. The summed E-state index contributed by atoms with van der Waals surface area (Å²) >= 11 is 0. The molecular formula is C18H23N3O6. The van der Waals surface area contributed by atoms with E-state index in [9.17, 15) is 19.2 Å². The lowest BCUT2D eigenvalue weighted by molar-refractivity contribution is -0.143. The van der Waals surface area contributed by atoms with E-state index in [0.717, 1.165) is 0 Å². The predicted molar refractivity (Wildman–Crippen MR) is 96.3 cm³/mol. The van der Waals surface area contributed by atoms with Crippen LogP contribution in [0.15, 0.2) is 24.3 Å². The number of amides is 3. The van der Waals surface area contributed by atoms with Gasteiger partial charge in [0.1, 0.15) is 6.54 Å². The van der Waals surface area contributed by atoms with Crippen LogP contribution in [0.3, 0.4) is 0 Å². The first kappa shape index (κ1) is 20.2. The number of methoxy groups -OCH3 is 1. The number of carbonyl (C=O) groups is 4. The molecule has 1 aromatic rings. The summed E-state index contributed by atoms with van der Waals surface area (Å²) in [5, 5.41) is 16.9. The van der Waals surface area contributed by atoms with Crippen LogP contribution in [0.5, 0.6) is 0 Å². The van der Waals surface area contributed by atoms with Gasteiger partial charge in [-0.3, -0.25) is 14.4 Å². The summed E-state index contributed by atoms with van der Waals surface area (Å²) in [6, 6.07) is 5.78. The topological polar surface area (TPSA) is 134 Å². The van der Waals surface area contributed by atoms with E-state index in [-0.39, 0.29) is 24.5 Å². The van der Waals surface area contributed by atoms with E-state index in [1.807, 2.05) is 0 Å². The van der Waals surface area contributed by atoms with Crippen LogP contribution < -0.4 is 16.0 Å². The number of hydrogen-bond acceptors (Lipinski definition) is 5. The summed E-state index contributed by atoms with van der Waals surface area (Å²) in [5.74, 6) is -2.08. The number of carboxylic acids is 1. The Labute approximate surface area is 156 Å². The van der Waals surface area contributed by atoms with Crippen LogP contribution in [0.4, 0.5) is 10.5 Å². The molecule has 0 saturated heterocycles. The Morgan fingerprint density at radius 2 is 1.70 bits per heavy atom. The number of rotatable bonds is 6. The number of nitrogens with one attached hydrogen (secondary N) is 3. The number of hydrogen-bond donors (Lipinski definition) is 4. The van der Waals surface area contributed by atoms with E-state index in [1.165, 1.54) is 19.2 Å². The molecule has 1 saturated carbocycles. The molecule has 0 atom stereocenters. The summed E-state index contributed by atoms with van der Waals surface area (Å²) in [6.07, 6.45) is 2.36. The van der Waals surface area contributed by atoms with Gasteiger partial charge in [-0.25, -0.2) is 4.79 Å². The van der Waals surface area contributed by atoms with Gasteiger partial charge in [0.15, 0.2) is 0 Å². The summed E-state index contributed by atoms with van der Waals surface area (Å²) in [7, 11) is 1.23. The molecule has 0 bridgehead atoms. The zero-order chi connectivity index (χ0) is 19.8. The molecule has 0 heterocycles. The van der Waals surface area contributed by atoms with Crippen molar-refractivity contribution < 1.29 is 29.0 Å². The van der Waals surface area contributed by atoms with Gasteiger partial charge in [0.25, 0.3) is 5.91 Å². The molecule has 0 spiro atoms. The first-order valence-corrected chi connectivity index (χ1v) is 8.64. The molecule has 0 aromatic heterocycles. The Kier molecular flexibility index (Phi) is 7.16. The van der Waals surface area contributed by atoms with Gasteiger partial charge in [0, 0.05) is 17.3 Å². The second kappa shape index (κ2) is 9.56. The van der Waals surface area contributed by atoms with Crippen molar-refractivity contribution >= 4 is 29.6 Å². The van der Waals surface area contributed by atoms with Crippen molar-refractivity contribution in [2.45, 2.75) is 31.7 Å². The number of benzene rings is 1. The second-order valence-corrected chi connectivity index (χ2v) is 6.32. The van der Waals surface area contributed by atoms with Crippen LogP contribution in [-0.2, 0) is 14.3 Å². The van der Waals surface area contributed by atoms with Crippen molar-refractivity contribution in [3.8, 4) is 0 Å². The molecule has 4 N–H and O–H groups in total. The van der Waals surface area contributed by atoms with Gasteiger partial charge in [-0.15, -0.1) is 0 Å². The highest BCUT2D eigenvalue weighted by molar-refractivity contribution is 5.97. The number of carbonyl (C=O) groups excluding carboxylic acids is 3. The Bertz CT molecular complexity index is 696. The van der Waals surface area contributed by atoms with Crippen molar-refractivity contribution in [1.82, 2.24) is 10.6 Å². The zero-order valence-corrected chi connectivity index (χ0v) is 15.0. The van der Waals surface area contributed by atoms with E-state index in [4.69, 9.17) is 5.11 Å². The maximum absolute atomic E-state index is 12.1. The molecule has 0 aliphatic heterocycles. The van der Waals surface area contributed by atoms with Gasteiger partial charge in [0.05, 0.1) is 13.0 Å². The van der Waals surface area contributed by atoms with Crippen molar-refractivity contribution in [2.24, 2.45) is 5.92 Å². The van der Waals surface area contributed by atoms with Crippen LogP contribution in [0, 0.1) is 5.92 Å². The third-order valence-electron chi connectivity index (χ3n) is 4.44. The van der Waals surface area contributed by atoms with Crippen molar-refractivity contribution in [3.05, 3.63) is 29.8 Å². The minimum Gasteiger partial charge on any atom is -0.481 e. The Morgan fingerprint density at radius 1 is 1.07 bits per heavy atom. The van der Waals surface area contributed by atoms with Gasteiger partial charge in [-0.1, -0.05) is 0 Å². The Morgan fingerprint density at radius 3 is 2.26 bits per heavy atom. The third-order valence-corrected chi connectivity index (χ3v) is 4.44. The first-order chi connectivity index (χ1) is 12.9. The Hall–Kier alpha value is -3.10. The normalized spacial score (nSPS) is 18.9. The minimum atomic E-state index is -0.784. The molecule has 1 fully saturated rings. The van der Waals surface area contributed by atoms with Gasteiger partial charge in [0.2, 0.25) is 0 Å². The molecule has 146 valence electrons. The molecule has 0 unspecified atom stereocenters. The van der Waals surface area contributed by atoms with Crippen LogP contribution in [-0.4, -0.2) is 48.7 Å². The van der Waals surface area contributed by atoms with Crippen LogP contribution >= 0.6 is 0 Å². The summed E-state index contributed by atoms with van der Waals surface area (Å²) in [6.45, 7) is -0.220. The predicted octanol–water partition coefficient (Wildman–Crippen LogP) is 1.35. The molecule has 9 nitrogen and oxygen atoms in total. The van der Waals surface area contributed by atoms with E-state index in [0.29, 0.717) is 36.9 Å². The highest BCUT2D eigenvalue weighted by Gasteiger charge is 2.26. The lowest BCUT2D eigenvalue weighted by Gasteiger charge is -2.26. The number of aliphatic carboxylic acids is 1. The highest BCUT2D eigenvalue weighted by Crippen LogP contribution is 2.24. The molecule has 1 aliphatic carbocycles. The molecule has 2 rings (SSSR count). The van der Waals surface area contributed by atoms with Gasteiger partial charge in [-0.05, 0) is 49.9 Å². The van der Waals surface area contributed by atoms with E-state index >= 15 is 0 Å². The molecular weight excluding hydrogens is 354 g/mol. The van der Waals surface area contributed by atoms with Crippen LogP contribution in [0.25, 0.3) is 0 Å². The molecule has 0 radical (unpaired) electrons. The largest absolute Gasteiger partial charge is 0.481 e. The summed E-state index contributed by atoms with van der Waals surface area (Å²) < 4.78 is 4.44. The Balaban J connectivity index is 1.78. The number of carboxylic acid groups (broad SMARTS) is 1. The van der Waals surface area contributed by atoms with Gasteiger partial charge >= 0.3 is 18.0 Å². The average molecular weight is 377 g/mol. The lowest BCUT2D eigenvalue weighted by atomic mass is 9.86. The quantitative estimate of drug-likeness (QED) is 0.553. The molecule has 9 heteroatoms. The van der Waals surface area contributed by atoms with E-state index in [2.05, 4.69) is 20.7 Å². The van der Waals surface area contributed by atoms with E-state index < -0.39 is 17.8 Å². The second-order valence-electron chi connectivity index (χ2n) is 6.32. The van der Waals surface area contributed by atoms with Gasteiger partial charge in [-0.2, -0.15) is 0 Å². The first-order valence-electron chi connectivity index (χ1n) is 8.64. The van der Waals surface area contributed by atoms with Crippen molar-refractivity contribution in [3.63, 3.8) is 0 Å². The highest BCUT2D eigenvalue weighted by atomic mass is 16.5. The summed E-state index contributed by atoms with van der Waals surface area (Å²) in [4.78, 5) is 45.9. The van der Waals surface area contributed by atoms with Gasteiger partial charge < -0.3 is 25.8 Å². The van der Waals surface area contributed by atoms with Crippen LogP contribution in [0.1, 0.15) is 36.0 Å². The maximum Gasteiger partial charge on any atom is 0.325 e. The summed E-state index contributed by atoms with van der Waals surface area (Å²) in [5.41, 5.74) is 0.855. The number of ether oxygens (including phenoxy) is 1. The van der Waals surface area contributed by atoms with Crippen LogP contribution in [0.2, 0.25) is 0 Å². The van der Waals surface area contributed by atoms with Crippen molar-refractivity contribution in [1.29, 1.82) is 0 Å². The molecule has 1 aliphatic rings. The molecule has 1 aromatic carbocycles. The molecule has 27 heavy (non-hydrogen) atoms. The average Bonchev–Trinajstić information content (AvgIpc) is 2.66. The fraction of sp³-hybridized carbons (Fsp3) is 0.444. The van der Waals surface area contributed by atoms with Crippen molar-refractivity contribution in [2.75, 3.05) is 19.0 Å². The fourth-order valence-electron chi connectivity index (χ4n) is 2.87. The third kappa shape index (κ3) is 6.28.